The molecule has 1 aromatic heterocycles. The predicted molar refractivity (Wildman–Crippen MR) is 45.0 cm³/mol. The number of nitrogens with one attached hydrogen (secondary N) is 1. The van der Waals surface area contributed by atoms with Crippen molar-refractivity contribution in [2.75, 3.05) is 7.11 Å². The highest BCUT2D eigenvalue weighted by Crippen LogP contribution is 2.22. The van der Waals surface area contributed by atoms with Crippen molar-refractivity contribution in [2.45, 2.75) is 31.5 Å². The number of hydrogen-bond acceptors (Lipinski definition) is 5. The maximum Gasteiger partial charge on any atom is 0.213 e. The van der Waals surface area contributed by atoms with Crippen LogP contribution in [0.2, 0.25) is 0 Å². The molecule has 1 heterocycles. The van der Waals surface area contributed by atoms with Crippen LogP contribution in [0.15, 0.2) is 10.9 Å². The van der Waals surface area contributed by atoms with Crippen LogP contribution in [-0.4, -0.2) is 29.4 Å². The summed E-state index contributed by atoms with van der Waals surface area (Å²) >= 11 is 0. The zero-order valence-electron chi connectivity index (χ0n) is 7.56. The average molecular weight is 183 g/mol. The highest BCUT2D eigenvalue weighted by molar-refractivity contribution is 4.88. The Morgan fingerprint density at radius 2 is 2.54 bits per heavy atom. The van der Waals surface area contributed by atoms with Gasteiger partial charge in [-0.25, -0.2) is 0 Å². The van der Waals surface area contributed by atoms with Crippen molar-refractivity contribution in [1.82, 2.24) is 15.5 Å². The van der Waals surface area contributed by atoms with Crippen LogP contribution in [0.4, 0.5) is 0 Å². The topological polar surface area (TPSA) is 60.2 Å². The Balaban J connectivity index is 1.65. The molecule has 72 valence electrons. The first-order valence-electron chi connectivity index (χ1n) is 4.40. The predicted octanol–water partition coefficient (Wildman–Crippen LogP) is 0.337. The number of methoxy groups -OCH3 is 1. The summed E-state index contributed by atoms with van der Waals surface area (Å²) in [6.07, 6.45) is 3.93. The van der Waals surface area contributed by atoms with Gasteiger partial charge in [-0.1, -0.05) is 5.16 Å². The van der Waals surface area contributed by atoms with Gasteiger partial charge in [0.2, 0.25) is 6.39 Å². The summed E-state index contributed by atoms with van der Waals surface area (Å²) in [4.78, 5) is 3.91. The maximum absolute atomic E-state index is 5.16. The Morgan fingerprint density at radius 3 is 3.15 bits per heavy atom. The maximum atomic E-state index is 5.16. The first-order valence-corrected chi connectivity index (χ1v) is 4.40. The highest BCUT2D eigenvalue weighted by atomic mass is 16.5. The van der Waals surface area contributed by atoms with Gasteiger partial charge in [-0.15, -0.1) is 0 Å². The van der Waals surface area contributed by atoms with E-state index in [4.69, 9.17) is 4.74 Å². The number of hydrogen-bond donors (Lipinski definition) is 1. The fourth-order valence-electron chi connectivity index (χ4n) is 1.43. The molecule has 13 heavy (non-hydrogen) atoms. The van der Waals surface area contributed by atoms with Gasteiger partial charge in [-0.05, 0) is 12.8 Å². The van der Waals surface area contributed by atoms with Crippen molar-refractivity contribution in [3.05, 3.63) is 12.2 Å². The molecule has 0 bridgehead atoms. The highest BCUT2D eigenvalue weighted by Gasteiger charge is 2.28. The van der Waals surface area contributed by atoms with Gasteiger partial charge < -0.3 is 14.6 Å². The van der Waals surface area contributed by atoms with E-state index in [0.717, 1.165) is 12.8 Å². The van der Waals surface area contributed by atoms with E-state index >= 15 is 0 Å². The standard InChI is InChI=1S/C8H13N3O2/c1-12-7-2-6(3-7)9-4-8-10-5-13-11-8/h5-7,9H,2-4H2,1H3. The molecule has 0 unspecified atom stereocenters. The van der Waals surface area contributed by atoms with Gasteiger partial charge in [-0.2, -0.15) is 4.98 Å². The second-order valence-electron chi connectivity index (χ2n) is 3.25. The summed E-state index contributed by atoms with van der Waals surface area (Å²) in [6, 6.07) is 0.545. The lowest BCUT2D eigenvalue weighted by atomic mass is 9.89. The second kappa shape index (κ2) is 3.85. The monoisotopic (exact) mass is 183 g/mol. The van der Waals surface area contributed by atoms with Crippen LogP contribution < -0.4 is 5.32 Å². The lowest BCUT2D eigenvalue weighted by molar-refractivity contribution is 0.0168. The molecule has 0 atom stereocenters. The van der Waals surface area contributed by atoms with E-state index in [1.807, 2.05) is 0 Å². The molecule has 2 rings (SSSR count). The number of aromatic nitrogens is 2. The molecule has 1 N–H and O–H groups in total. The quantitative estimate of drug-likeness (QED) is 0.729. The lowest BCUT2D eigenvalue weighted by Gasteiger charge is -2.34. The molecule has 5 nitrogen and oxygen atoms in total. The number of nitrogens with zero attached hydrogens (tertiary/aromatic N) is 2. The first-order chi connectivity index (χ1) is 6.38. The molecule has 1 aromatic rings. The second-order valence-corrected chi connectivity index (χ2v) is 3.25. The molecular weight excluding hydrogens is 170 g/mol. The smallest absolute Gasteiger partial charge is 0.213 e. The molecule has 1 aliphatic carbocycles. The molecule has 0 spiro atoms. The Kier molecular flexibility index (Phi) is 2.56. The van der Waals surface area contributed by atoms with Crippen molar-refractivity contribution in [1.29, 1.82) is 0 Å². The van der Waals surface area contributed by atoms with Gasteiger partial charge in [0.05, 0.1) is 12.6 Å². The van der Waals surface area contributed by atoms with Crippen molar-refractivity contribution in [3.63, 3.8) is 0 Å². The van der Waals surface area contributed by atoms with Gasteiger partial charge in [0.15, 0.2) is 5.82 Å². The fraction of sp³-hybridized carbons (Fsp3) is 0.750. The summed E-state index contributed by atoms with van der Waals surface area (Å²) in [5.41, 5.74) is 0. The molecule has 1 aliphatic rings. The van der Waals surface area contributed by atoms with E-state index in [1.165, 1.54) is 6.39 Å². The molecule has 5 heteroatoms. The van der Waals surface area contributed by atoms with Crippen LogP contribution in [0.1, 0.15) is 18.7 Å². The van der Waals surface area contributed by atoms with Crippen LogP contribution in [-0.2, 0) is 11.3 Å². The third kappa shape index (κ3) is 2.05. The number of ether oxygens (including phenoxy) is 1. The molecule has 0 amide bonds. The minimum absolute atomic E-state index is 0.433. The first kappa shape index (κ1) is 8.65. The Morgan fingerprint density at radius 1 is 1.69 bits per heavy atom. The average Bonchev–Trinajstić information content (AvgIpc) is 2.54. The summed E-state index contributed by atoms with van der Waals surface area (Å²) in [7, 11) is 1.75. The van der Waals surface area contributed by atoms with Gasteiger partial charge in [0.25, 0.3) is 0 Å². The molecule has 1 saturated carbocycles. The Labute approximate surface area is 76.5 Å². The summed E-state index contributed by atoms with van der Waals surface area (Å²) < 4.78 is 9.78. The Hall–Kier alpha value is -0.940. The normalized spacial score (nSPS) is 27.2. The SMILES string of the molecule is COC1CC(NCc2ncon2)C1. The van der Waals surface area contributed by atoms with Crippen molar-refractivity contribution < 1.29 is 9.26 Å². The van der Waals surface area contributed by atoms with Crippen LogP contribution >= 0.6 is 0 Å². The molecule has 0 saturated heterocycles. The van der Waals surface area contributed by atoms with Gasteiger partial charge >= 0.3 is 0 Å². The number of rotatable bonds is 4. The molecule has 0 aromatic carbocycles. The largest absolute Gasteiger partial charge is 0.381 e. The lowest BCUT2D eigenvalue weighted by Crippen LogP contribution is -2.44. The molecule has 0 aliphatic heterocycles. The van der Waals surface area contributed by atoms with E-state index in [1.54, 1.807) is 7.11 Å². The summed E-state index contributed by atoms with van der Waals surface area (Å²) in [6.45, 7) is 0.678. The van der Waals surface area contributed by atoms with E-state index in [2.05, 4.69) is 20.0 Å². The third-order valence-corrected chi connectivity index (χ3v) is 2.38. The van der Waals surface area contributed by atoms with Crippen molar-refractivity contribution in [3.8, 4) is 0 Å². The summed E-state index contributed by atoms with van der Waals surface area (Å²) in [5, 5.41) is 7.03. The van der Waals surface area contributed by atoms with E-state index in [9.17, 15) is 0 Å². The van der Waals surface area contributed by atoms with Crippen molar-refractivity contribution in [2.24, 2.45) is 0 Å². The van der Waals surface area contributed by atoms with Gasteiger partial charge in [0, 0.05) is 13.2 Å². The van der Waals surface area contributed by atoms with Crippen LogP contribution in [0.5, 0.6) is 0 Å². The Bertz CT molecular complexity index is 244. The van der Waals surface area contributed by atoms with E-state index < -0.39 is 0 Å². The zero-order chi connectivity index (χ0) is 9.10. The van der Waals surface area contributed by atoms with Gasteiger partial charge in [0.1, 0.15) is 0 Å². The molecule has 1 fully saturated rings. The van der Waals surface area contributed by atoms with E-state index in [0.29, 0.717) is 24.5 Å². The van der Waals surface area contributed by atoms with Crippen LogP contribution in [0.25, 0.3) is 0 Å². The van der Waals surface area contributed by atoms with Gasteiger partial charge in [-0.3, -0.25) is 0 Å². The van der Waals surface area contributed by atoms with Crippen LogP contribution in [0, 0.1) is 0 Å². The van der Waals surface area contributed by atoms with Crippen LogP contribution in [0.3, 0.4) is 0 Å². The van der Waals surface area contributed by atoms with E-state index in [-0.39, 0.29) is 0 Å². The molecular formula is C8H13N3O2. The summed E-state index contributed by atoms with van der Waals surface area (Å²) in [5.74, 6) is 0.709. The molecule has 0 radical (unpaired) electrons. The zero-order valence-corrected chi connectivity index (χ0v) is 7.56. The fourth-order valence-corrected chi connectivity index (χ4v) is 1.43. The minimum Gasteiger partial charge on any atom is -0.381 e. The van der Waals surface area contributed by atoms with Crippen molar-refractivity contribution >= 4 is 0 Å². The minimum atomic E-state index is 0.433. The third-order valence-electron chi connectivity index (χ3n) is 2.38.